The van der Waals surface area contributed by atoms with Gasteiger partial charge in [-0.15, -0.1) is 0 Å². The molecule has 0 nitrogen and oxygen atoms in total. The van der Waals surface area contributed by atoms with Gasteiger partial charge < -0.3 is 12.8 Å². The van der Waals surface area contributed by atoms with Gasteiger partial charge in [-0.25, -0.2) is 12.8 Å². The van der Waals surface area contributed by atoms with Gasteiger partial charge in [-0.1, -0.05) is 0 Å². The first-order valence-electron chi connectivity index (χ1n) is 2.35. The van der Waals surface area contributed by atoms with Crippen molar-refractivity contribution in [2.75, 3.05) is 0 Å². The van der Waals surface area contributed by atoms with Gasteiger partial charge in [0.2, 0.25) is 0 Å². The third-order valence-corrected chi connectivity index (χ3v) is 0.677. The topological polar surface area (TPSA) is 0 Å². The first-order valence-corrected chi connectivity index (χ1v) is 2.35. The summed E-state index contributed by atoms with van der Waals surface area (Å²) in [5, 5.41) is 0. The molecule has 38 valence electrons. The normalized spacial score (nSPS) is 8.57. The van der Waals surface area contributed by atoms with Crippen LogP contribution in [0.2, 0.25) is 0 Å². The van der Waals surface area contributed by atoms with Gasteiger partial charge in [-0.2, -0.15) is 13.8 Å². The number of hydrogen-bond donors (Lipinski definition) is 0. The average molecular weight is 150 g/mol. The van der Waals surface area contributed by atoms with Crippen molar-refractivity contribution in [3.8, 4) is 0 Å². The minimum absolute atomic E-state index is 0. The Kier molecular flexibility index (Phi) is 10.0. The third-order valence-electron chi connectivity index (χ3n) is 0.677. The summed E-state index contributed by atoms with van der Waals surface area (Å²) in [5.41, 5.74) is 0. The molecule has 1 heteroatoms. The Bertz CT molecular complexity index is 25.4. The van der Waals surface area contributed by atoms with E-state index in [-0.39, 0.29) is 19.5 Å². The molecule has 0 saturated heterocycles. The van der Waals surface area contributed by atoms with Crippen LogP contribution in [0.15, 0.2) is 0 Å². The summed E-state index contributed by atoms with van der Waals surface area (Å²) in [6, 6.07) is 0. The molecule has 0 bridgehead atoms. The van der Waals surface area contributed by atoms with Crippen LogP contribution < -0.4 is 0 Å². The average Bonchev–Trinajstić information content (AvgIpc) is 1.35. The molecule has 0 amide bonds. The Hall–Kier alpha value is 0.623. The zero-order valence-electron chi connectivity index (χ0n) is 5.33. The molecule has 0 aliphatic carbocycles. The van der Waals surface area contributed by atoms with Gasteiger partial charge in [-0.3, -0.25) is 0 Å². The van der Waals surface area contributed by atoms with Crippen molar-refractivity contribution >= 4 is 0 Å². The molecular formula is C6H12Zn. The van der Waals surface area contributed by atoms with E-state index in [9.17, 15) is 0 Å². The van der Waals surface area contributed by atoms with Gasteiger partial charge in [0, 0.05) is 0 Å². The molecule has 0 unspecified atom stereocenters. The number of hydrogen-bond acceptors (Lipinski definition) is 0. The molecule has 0 fully saturated rings. The van der Waals surface area contributed by atoms with Crippen molar-refractivity contribution in [3.05, 3.63) is 12.8 Å². The van der Waals surface area contributed by atoms with E-state index < -0.39 is 0 Å². The van der Waals surface area contributed by atoms with Crippen LogP contribution in [0, 0.1) is 12.8 Å². The molecule has 0 aromatic heterocycles. The van der Waals surface area contributed by atoms with E-state index in [1.165, 1.54) is 12.3 Å². The van der Waals surface area contributed by atoms with Gasteiger partial charge in [0.1, 0.15) is 0 Å². The quantitative estimate of drug-likeness (QED) is 0.417. The summed E-state index contributed by atoms with van der Waals surface area (Å²) >= 11 is 0. The Balaban J connectivity index is 0. The standard InChI is InChI=1S/C6H12.Zn/c1-4-5-6(2)3;/h1,4-5H2,2-3H3;/q-2;+2. The van der Waals surface area contributed by atoms with E-state index in [1.54, 1.807) is 0 Å². The minimum Gasteiger partial charge on any atom is -0.346 e. The van der Waals surface area contributed by atoms with Gasteiger partial charge >= 0.3 is 19.5 Å². The Morgan fingerprint density at radius 3 is 1.86 bits per heavy atom. The molecule has 0 atom stereocenters. The molecule has 0 aliphatic rings. The molecule has 0 heterocycles. The molecular weight excluding hydrogens is 137 g/mol. The summed E-state index contributed by atoms with van der Waals surface area (Å²) in [6.45, 7) is 7.97. The summed E-state index contributed by atoms with van der Waals surface area (Å²) in [5.74, 6) is 1.48. The molecule has 0 N–H and O–H groups in total. The van der Waals surface area contributed by atoms with Crippen LogP contribution >= 0.6 is 0 Å². The van der Waals surface area contributed by atoms with Crippen LogP contribution in [-0.4, -0.2) is 0 Å². The molecule has 0 saturated carbocycles. The second-order valence-corrected chi connectivity index (χ2v) is 1.81. The maximum Gasteiger partial charge on any atom is 2.00 e. The fourth-order valence-corrected chi connectivity index (χ4v) is 0.354. The van der Waals surface area contributed by atoms with Crippen LogP contribution in [0.5, 0.6) is 0 Å². The van der Waals surface area contributed by atoms with Crippen molar-refractivity contribution in [2.45, 2.75) is 26.7 Å². The smallest absolute Gasteiger partial charge is 0.346 e. The first-order chi connectivity index (χ1) is 2.77. The van der Waals surface area contributed by atoms with Gasteiger partial charge in [0.15, 0.2) is 0 Å². The third kappa shape index (κ3) is 10.8. The summed E-state index contributed by atoms with van der Waals surface area (Å²) in [4.78, 5) is 0. The summed E-state index contributed by atoms with van der Waals surface area (Å²) in [7, 11) is 0. The maximum atomic E-state index is 3.70. The fraction of sp³-hybridized carbons (Fsp3) is 0.667. The van der Waals surface area contributed by atoms with Crippen molar-refractivity contribution < 1.29 is 19.5 Å². The largest absolute Gasteiger partial charge is 2.00 e. The SMILES string of the molecule is [CH2-]CC[C-](C)C.[Zn+2]. The van der Waals surface area contributed by atoms with Crippen LogP contribution in [0.1, 0.15) is 26.7 Å². The van der Waals surface area contributed by atoms with Gasteiger partial charge in [0.25, 0.3) is 0 Å². The van der Waals surface area contributed by atoms with E-state index >= 15 is 0 Å². The summed E-state index contributed by atoms with van der Waals surface area (Å²) < 4.78 is 0. The molecule has 0 aliphatic heterocycles. The predicted molar refractivity (Wildman–Crippen MR) is 29.2 cm³/mol. The van der Waals surface area contributed by atoms with Crippen molar-refractivity contribution in [1.82, 2.24) is 0 Å². The zero-order valence-corrected chi connectivity index (χ0v) is 8.30. The van der Waals surface area contributed by atoms with Crippen molar-refractivity contribution in [2.24, 2.45) is 0 Å². The minimum atomic E-state index is 0. The second kappa shape index (κ2) is 6.62. The molecule has 0 rings (SSSR count). The Labute approximate surface area is 59.4 Å². The van der Waals surface area contributed by atoms with E-state index in [2.05, 4.69) is 20.8 Å². The van der Waals surface area contributed by atoms with Gasteiger partial charge in [0.05, 0.1) is 0 Å². The fourth-order valence-electron chi connectivity index (χ4n) is 0.354. The van der Waals surface area contributed by atoms with Gasteiger partial charge in [-0.05, 0) is 0 Å². The van der Waals surface area contributed by atoms with E-state index in [0.29, 0.717) is 0 Å². The maximum absolute atomic E-state index is 3.70. The van der Waals surface area contributed by atoms with Crippen molar-refractivity contribution in [3.63, 3.8) is 0 Å². The number of rotatable bonds is 2. The van der Waals surface area contributed by atoms with E-state index in [0.717, 1.165) is 6.42 Å². The van der Waals surface area contributed by atoms with E-state index in [4.69, 9.17) is 0 Å². The molecule has 0 spiro atoms. The second-order valence-electron chi connectivity index (χ2n) is 1.81. The molecule has 7 heavy (non-hydrogen) atoms. The monoisotopic (exact) mass is 148 g/mol. The Morgan fingerprint density at radius 1 is 1.43 bits per heavy atom. The van der Waals surface area contributed by atoms with Crippen molar-refractivity contribution in [1.29, 1.82) is 0 Å². The van der Waals surface area contributed by atoms with Crippen LogP contribution in [-0.2, 0) is 19.5 Å². The summed E-state index contributed by atoms with van der Waals surface area (Å²) in [6.07, 6.45) is 2.22. The zero-order chi connectivity index (χ0) is 4.99. The molecule has 0 radical (unpaired) electrons. The molecule has 0 aromatic rings. The Morgan fingerprint density at radius 2 is 1.86 bits per heavy atom. The van der Waals surface area contributed by atoms with Crippen LogP contribution in [0.3, 0.4) is 0 Å². The first kappa shape index (κ1) is 10.6. The van der Waals surface area contributed by atoms with E-state index in [1.807, 2.05) is 0 Å². The predicted octanol–water partition coefficient (Wildman–Crippen LogP) is 2.21. The van der Waals surface area contributed by atoms with Crippen LogP contribution in [0.4, 0.5) is 0 Å². The molecule has 0 aromatic carbocycles. The van der Waals surface area contributed by atoms with Crippen LogP contribution in [0.25, 0.3) is 0 Å².